The van der Waals surface area contributed by atoms with Crippen molar-refractivity contribution in [2.75, 3.05) is 6.54 Å². The van der Waals surface area contributed by atoms with Crippen LogP contribution in [0.2, 0.25) is 0 Å². The molecule has 94 valence electrons. The average molecular weight is 243 g/mol. The molecule has 1 aliphatic rings. The minimum atomic E-state index is -4.26. The van der Waals surface area contributed by atoms with Gasteiger partial charge in [0.15, 0.2) is 0 Å². The molecule has 0 aliphatic heterocycles. The van der Waals surface area contributed by atoms with Gasteiger partial charge in [-0.1, -0.05) is 18.2 Å². The molecular weight excluding hydrogens is 227 g/mol. The molecule has 0 radical (unpaired) electrons. The van der Waals surface area contributed by atoms with E-state index in [0.29, 0.717) is 12.5 Å². The molecule has 0 bridgehead atoms. The van der Waals surface area contributed by atoms with Crippen LogP contribution in [0.25, 0.3) is 0 Å². The summed E-state index contributed by atoms with van der Waals surface area (Å²) in [4.78, 5) is 0. The molecule has 1 aromatic carbocycles. The normalized spacial score (nSPS) is 18.1. The van der Waals surface area contributed by atoms with Gasteiger partial charge in [0, 0.05) is 0 Å². The van der Waals surface area contributed by atoms with E-state index in [9.17, 15) is 13.2 Å². The summed E-state index contributed by atoms with van der Waals surface area (Å²) in [6.07, 6.45) is -1.26. The Morgan fingerprint density at radius 2 is 2.00 bits per heavy atom. The van der Waals surface area contributed by atoms with Crippen LogP contribution in [-0.4, -0.2) is 6.54 Å². The van der Waals surface area contributed by atoms with E-state index in [1.165, 1.54) is 12.1 Å². The van der Waals surface area contributed by atoms with Crippen LogP contribution in [0.1, 0.15) is 36.3 Å². The fraction of sp³-hybridized carbons (Fsp3) is 0.538. The smallest absolute Gasteiger partial charge is 0.330 e. The number of halogens is 3. The van der Waals surface area contributed by atoms with E-state index in [1.807, 2.05) is 0 Å². The largest absolute Gasteiger partial charge is 0.416 e. The molecule has 0 saturated heterocycles. The van der Waals surface area contributed by atoms with Crippen molar-refractivity contribution in [3.05, 3.63) is 35.4 Å². The standard InChI is InChI=1S/C13H16F3N/c14-13(15,16)11-3-1-2-10(8-11)12(6-7-17)9-4-5-9/h1-3,8-9,12H,4-7,17H2. The molecule has 0 aromatic heterocycles. The van der Waals surface area contributed by atoms with Crippen LogP contribution < -0.4 is 5.73 Å². The van der Waals surface area contributed by atoms with Crippen molar-refractivity contribution in [2.45, 2.75) is 31.4 Å². The Morgan fingerprint density at radius 1 is 1.29 bits per heavy atom. The van der Waals surface area contributed by atoms with E-state index in [2.05, 4.69) is 0 Å². The minimum absolute atomic E-state index is 0.197. The molecule has 17 heavy (non-hydrogen) atoms. The first-order valence-corrected chi connectivity index (χ1v) is 5.89. The molecule has 2 rings (SSSR count). The van der Waals surface area contributed by atoms with Gasteiger partial charge in [-0.2, -0.15) is 13.2 Å². The van der Waals surface area contributed by atoms with E-state index >= 15 is 0 Å². The molecule has 1 fully saturated rings. The van der Waals surface area contributed by atoms with E-state index in [0.717, 1.165) is 30.9 Å². The van der Waals surface area contributed by atoms with Crippen molar-refractivity contribution < 1.29 is 13.2 Å². The maximum Gasteiger partial charge on any atom is 0.416 e. The Morgan fingerprint density at radius 3 is 2.53 bits per heavy atom. The third-order valence-electron chi connectivity index (χ3n) is 3.31. The van der Waals surface area contributed by atoms with Gasteiger partial charge in [-0.25, -0.2) is 0 Å². The van der Waals surface area contributed by atoms with Gasteiger partial charge >= 0.3 is 6.18 Å². The first kappa shape index (κ1) is 12.4. The zero-order chi connectivity index (χ0) is 12.5. The van der Waals surface area contributed by atoms with Gasteiger partial charge in [0.05, 0.1) is 5.56 Å². The first-order chi connectivity index (χ1) is 8.02. The average Bonchev–Trinajstić information content (AvgIpc) is 3.09. The van der Waals surface area contributed by atoms with E-state index < -0.39 is 11.7 Å². The lowest BCUT2D eigenvalue weighted by Crippen LogP contribution is -2.11. The zero-order valence-electron chi connectivity index (χ0n) is 9.50. The molecule has 1 atom stereocenters. The lowest BCUT2D eigenvalue weighted by molar-refractivity contribution is -0.137. The lowest BCUT2D eigenvalue weighted by atomic mass is 9.90. The fourth-order valence-corrected chi connectivity index (χ4v) is 2.30. The topological polar surface area (TPSA) is 26.0 Å². The monoisotopic (exact) mass is 243 g/mol. The van der Waals surface area contributed by atoms with E-state index in [-0.39, 0.29) is 5.92 Å². The quantitative estimate of drug-likeness (QED) is 0.859. The SMILES string of the molecule is NCCC(c1cccc(C(F)(F)F)c1)C1CC1. The maximum absolute atomic E-state index is 12.6. The highest BCUT2D eigenvalue weighted by Crippen LogP contribution is 2.45. The summed E-state index contributed by atoms with van der Waals surface area (Å²) in [6.45, 7) is 0.525. The second-order valence-corrected chi connectivity index (χ2v) is 4.64. The van der Waals surface area contributed by atoms with Crippen molar-refractivity contribution in [2.24, 2.45) is 11.7 Å². The number of nitrogens with two attached hydrogens (primary N) is 1. The van der Waals surface area contributed by atoms with E-state index in [4.69, 9.17) is 5.73 Å². The van der Waals surface area contributed by atoms with Crippen LogP contribution in [0.5, 0.6) is 0 Å². The summed E-state index contributed by atoms with van der Waals surface area (Å²) in [7, 11) is 0. The van der Waals surface area contributed by atoms with Crippen molar-refractivity contribution in [1.29, 1.82) is 0 Å². The highest BCUT2D eigenvalue weighted by molar-refractivity contribution is 5.29. The third kappa shape index (κ3) is 3.00. The Hall–Kier alpha value is -1.03. The van der Waals surface area contributed by atoms with Gasteiger partial charge in [0.1, 0.15) is 0 Å². The Bertz CT molecular complexity index is 382. The molecule has 0 amide bonds. The van der Waals surface area contributed by atoms with Crippen LogP contribution in [0.4, 0.5) is 13.2 Å². The molecule has 1 aromatic rings. The second kappa shape index (κ2) is 4.69. The molecule has 1 aliphatic carbocycles. The Balaban J connectivity index is 2.24. The van der Waals surface area contributed by atoms with Gasteiger partial charge in [-0.05, 0) is 49.3 Å². The van der Waals surface area contributed by atoms with Crippen LogP contribution >= 0.6 is 0 Å². The number of rotatable bonds is 4. The van der Waals surface area contributed by atoms with Crippen molar-refractivity contribution in [3.8, 4) is 0 Å². The van der Waals surface area contributed by atoms with Crippen LogP contribution in [0, 0.1) is 5.92 Å². The number of benzene rings is 1. The summed E-state index contributed by atoms with van der Waals surface area (Å²) in [5.41, 5.74) is 5.76. The number of hydrogen-bond donors (Lipinski definition) is 1. The van der Waals surface area contributed by atoms with Crippen LogP contribution in [-0.2, 0) is 6.18 Å². The van der Waals surface area contributed by atoms with E-state index in [1.54, 1.807) is 6.07 Å². The van der Waals surface area contributed by atoms with Crippen molar-refractivity contribution in [3.63, 3.8) is 0 Å². The minimum Gasteiger partial charge on any atom is -0.330 e. The summed E-state index contributed by atoms with van der Waals surface area (Å²) in [6, 6.07) is 5.67. The first-order valence-electron chi connectivity index (χ1n) is 5.89. The maximum atomic E-state index is 12.6. The third-order valence-corrected chi connectivity index (χ3v) is 3.31. The Kier molecular flexibility index (Phi) is 3.43. The fourth-order valence-electron chi connectivity index (χ4n) is 2.30. The van der Waals surface area contributed by atoms with Crippen molar-refractivity contribution in [1.82, 2.24) is 0 Å². The molecule has 2 N–H and O–H groups in total. The Labute approximate surface area is 98.8 Å². The molecule has 0 heterocycles. The molecule has 4 heteroatoms. The van der Waals surface area contributed by atoms with Crippen molar-refractivity contribution >= 4 is 0 Å². The van der Waals surface area contributed by atoms with Gasteiger partial charge in [-0.3, -0.25) is 0 Å². The van der Waals surface area contributed by atoms with Crippen LogP contribution in [0.3, 0.4) is 0 Å². The molecule has 1 saturated carbocycles. The summed E-state index contributed by atoms with van der Waals surface area (Å²) in [5.74, 6) is 0.726. The van der Waals surface area contributed by atoms with Gasteiger partial charge in [0.25, 0.3) is 0 Å². The zero-order valence-corrected chi connectivity index (χ0v) is 9.50. The predicted octanol–water partition coefficient (Wildman–Crippen LogP) is 3.55. The highest BCUT2D eigenvalue weighted by atomic mass is 19.4. The van der Waals surface area contributed by atoms with Gasteiger partial charge < -0.3 is 5.73 Å². The molecule has 1 unspecified atom stereocenters. The number of hydrogen-bond acceptors (Lipinski definition) is 1. The summed E-state index contributed by atoms with van der Waals surface area (Å²) < 4.78 is 37.8. The molecule has 1 nitrogen and oxygen atoms in total. The van der Waals surface area contributed by atoms with Crippen LogP contribution in [0.15, 0.2) is 24.3 Å². The highest BCUT2D eigenvalue weighted by Gasteiger charge is 2.34. The van der Waals surface area contributed by atoms with Gasteiger partial charge in [-0.15, -0.1) is 0 Å². The summed E-state index contributed by atoms with van der Waals surface area (Å²) in [5, 5.41) is 0. The van der Waals surface area contributed by atoms with Gasteiger partial charge in [0.2, 0.25) is 0 Å². The molecule has 0 spiro atoms. The molecular formula is C13H16F3N. The number of alkyl halides is 3. The summed E-state index contributed by atoms with van der Waals surface area (Å²) >= 11 is 0. The lowest BCUT2D eigenvalue weighted by Gasteiger charge is -2.17. The second-order valence-electron chi connectivity index (χ2n) is 4.64. The predicted molar refractivity (Wildman–Crippen MR) is 60.6 cm³/mol.